The van der Waals surface area contributed by atoms with Crippen molar-refractivity contribution in [2.45, 2.75) is 33.3 Å². The van der Waals surface area contributed by atoms with E-state index in [-0.39, 0.29) is 12.0 Å². The van der Waals surface area contributed by atoms with Gasteiger partial charge in [0.15, 0.2) is 0 Å². The summed E-state index contributed by atoms with van der Waals surface area (Å²) >= 11 is 0. The van der Waals surface area contributed by atoms with Crippen LogP contribution in [0.3, 0.4) is 0 Å². The Hall–Kier alpha value is -1.36. The Balaban J connectivity index is 3.70. The van der Waals surface area contributed by atoms with E-state index in [1.807, 2.05) is 13.8 Å². The van der Waals surface area contributed by atoms with Gasteiger partial charge in [-0.1, -0.05) is 0 Å². The van der Waals surface area contributed by atoms with E-state index in [0.29, 0.717) is 18.7 Å². The Morgan fingerprint density at radius 2 is 2.06 bits per heavy atom. The zero-order valence-electron chi connectivity index (χ0n) is 10.1. The Morgan fingerprint density at radius 3 is 2.56 bits per heavy atom. The van der Waals surface area contributed by atoms with Crippen LogP contribution in [0.25, 0.3) is 0 Å². The number of nitrogens with one attached hydrogen (secondary N) is 1. The van der Waals surface area contributed by atoms with Gasteiger partial charge >= 0.3 is 0 Å². The van der Waals surface area contributed by atoms with E-state index in [1.165, 1.54) is 0 Å². The van der Waals surface area contributed by atoms with Crippen LogP contribution in [0.2, 0.25) is 0 Å². The van der Waals surface area contributed by atoms with Crippen molar-refractivity contribution in [3.05, 3.63) is 11.6 Å². The van der Waals surface area contributed by atoms with Gasteiger partial charge in [0.2, 0.25) is 11.8 Å². The molecule has 5 heteroatoms. The highest BCUT2D eigenvalue weighted by molar-refractivity contribution is 5.99. The van der Waals surface area contributed by atoms with E-state index in [2.05, 4.69) is 5.32 Å². The van der Waals surface area contributed by atoms with E-state index in [0.717, 1.165) is 12.5 Å². The second-order valence-corrected chi connectivity index (χ2v) is 3.76. The largest absolute Gasteiger partial charge is 0.379 e. The first kappa shape index (κ1) is 14.6. The molecule has 0 saturated carbocycles. The molecule has 0 heterocycles. The summed E-state index contributed by atoms with van der Waals surface area (Å²) in [5.74, 6) is -0.890. The summed E-state index contributed by atoms with van der Waals surface area (Å²) in [7, 11) is 0. The molecule has 0 rings (SSSR count). The number of carbonyl (C=O) groups excluding carboxylic acids is 2. The number of ether oxygens (including phenoxy) is 1. The summed E-state index contributed by atoms with van der Waals surface area (Å²) in [6.45, 7) is 6.59. The molecule has 5 nitrogen and oxygen atoms in total. The molecule has 0 aromatic rings. The topological polar surface area (TPSA) is 81.4 Å². The van der Waals surface area contributed by atoms with Gasteiger partial charge in [0, 0.05) is 24.8 Å². The molecule has 0 aliphatic rings. The molecule has 0 fully saturated rings. The molecule has 0 atom stereocenters. The highest BCUT2D eigenvalue weighted by Crippen LogP contribution is 1.93. The van der Waals surface area contributed by atoms with Crippen molar-refractivity contribution >= 4 is 11.8 Å². The second kappa shape index (κ2) is 7.87. The molecule has 0 aliphatic heterocycles. The average molecular weight is 228 g/mol. The first-order chi connectivity index (χ1) is 7.43. The Labute approximate surface area is 96.0 Å². The zero-order chi connectivity index (χ0) is 12.6. The fourth-order valence-electron chi connectivity index (χ4n) is 1.01. The number of nitrogens with two attached hydrogens (primary N) is 1. The van der Waals surface area contributed by atoms with Crippen LogP contribution in [0.5, 0.6) is 0 Å². The van der Waals surface area contributed by atoms with Crippen molar-refractivity contribution in [2.24, 2.45) is 5.73 Å². The van der Waals surface area contributed by atoms with Gasteiger partial charge in [-0.05, 0) is 27.2 Å². The maximum Gasteiger partial charge on any atom is 0.247 e. The number of hydrogen-bond donors (Lipinski definition) is 2. The number of rotatable bonds is 7. The van der Waals surface area contributed by atoms with E-state index < -0.39 is 5.91 Å². The zero-order valence-corrected chi connectivity index (χ0v) is 10.1. The van der Waals surface area contributed by atoms with Crippen LogP contribution in [0.4, 0.5) is 0 Å². The van der Waals surface area contributed by atoms with Gasteiger partial charge in [-0.25, -0.2) is 0 Å². The monoisotopic (exact) mass is 228 g/mol. The van der Waals surface area contributed by atoms with E-state index >= 15 is 0 Å². The van der Waals surface area contributed by atoms with Gasteiger partial charge in [-0.3, -0.25) is 9.59 Å². The molecule has 0 spiro atoms. The van der Waals surface area contributed by atoms with Crippen molar-refractivity contribution in [2.75, 3.05) is 13.2 Å². The highest BCUT2D eigenvalue weighted by Gasteiger charge is 2.04. The highest BCUT2D eigenvalue weighted by atomic mass is 16.5. The Kier molecular flexibility index (Phi) is 7.20. The lowest BCUT2D eigenvalue weighted by atomic mass is 10.2. The van der Waals surface area contributed by atoms with Crippen molar-refractivity contribution < 1.29 is 14.3 Å². The number of hydrogen-bond acceptors (Lipinski definition) is 3. The van der Waals surface area contributed by atoms with Gasteiger partial charge in [0.25, 0.3) is 0 Å². The van der Waals surface area contributed by atoms with Crippen LogP contribution in [0.1, 0.15) is 27.2 Å². The summed E-state index contributed by atoms with van der Waals surface area (Å²) in [6.07, 6.45) is 2.06. The standard InChI is InChI=1S/C11H20N2O3/c1-8(2)16-6-4-5-13-11(15)9(3)7-10(12)14/h7-8H,4-6H2,1-3H3,(H2,12,14)(H,13,15)/b9-7-. The molecule has 0 aromatic carbocycles. The van der Waals surface area contributed by atoms with Gasteiger partial charge in [0.1, 0.15) is 0 Å². The Bertz CT molecular complexity index is 272. The number of primary amides is 1. The van der Waals surface area contributed by atoms with Gasteiger partial charge < -0.3 is 15.8 Å². The maximum atomic E-state index is 11.3. The molecule has 0 aromatic heterocycles. The first-order valence-corrected chi connectivity index (χ1v) is 5.31. The van der Waals surface area contributed by atoms with Crippen molar-refractivity contribution in [1.29, 1.82) is 0 Å². The maximum absolute atomic E-state index is 11.3. The van der Waals surface area contributed by atoms with Crippen LogP contribution >= 0.6 is 0 Å². The van der Waals surface area contributed by atoms with Crippen molar-refractivity contribution in [3.63, 3.8) is 0 Å². The molecule has 0 radical (unpaired) electrons. The van der Waals surface area contributed by atoms with Crippen LogP contribution in [-0.2, 0) is 14.3 Å². The normalized spacial score (nSPS) is 11.6. The van der Waals surface area contributed by atoms with Crippen LogP contribution < -0.4 is 11.1 Å². The molecular weight excluding hydrogens is 208 g/mol. The summed E-state index contributed by atoms with van der Waals surface area (Å²) < 4.78 is 5.31. The average Bonchev–Trinajstić information content (AvgIpc) is 2.15. The molecule has 16 heavy (non-hydrogen) atoms. The van der Waals surface area contributed by atoms with Crippen LogP contribution in [-0.4, -0.2) is 31.1 Å². The third-order valence-electron chi connectivity index (χ3n) is 1.77. The van der Waals surface area contributed by atoms with Crippen LogP contribution in [0.15, 0.2) is 11.6 Å². The first-order valence-electron chi connectivity index (χ1n) is 5.31. The minimum atomic E-state index is -0.615. The smallest absolute Gasteiger partial charge is 0.247 e. The quantitative estimate of drug-likeness (QED) is 0.487. The SMILES string of the molecule is C/C(=C/C(N)=O)C(=O)NCCCOC(C)C. The molecule has 0 bridgehead atoms. The molecule has 3 N–H and O–H groups in total. The van der Waals surface area contributed by atoms with E-state index in [1.54, 1.807) is 6.92 Å². The van der Waals surface area contributed by atoms with Gasteiger partial charge in [0.05, 0.1) is 6.10 Å². The second-order valence-electron chi connectivity index (χ2n) is 3.76. The summed E-state index contributed by atoms with van der Waals surface area (Å²) in [5.41, 5.74) is 5.24. The lowest BCUT2D eigenvalue weighted by Gasteiger charge is -2.08. The van der Waals surface area contributed by atoms with Gasteiger partial charge in [-0.2, -0.15) is 0 Å². The minimum absolute atomic E-state index is 0.201. The summed E-state index contributed by atoms with van der Waals surface area (Å²) in [4.78, 5) is 21.9. The van der Waals surface area contributed by atoms with Crippen LogP contribution in [0, 0.1) is 0 Å². The van der Waals surface area contributed by atoms with Crippen molar-refractivity contribution in [3.8, 4) is 0 Å². The number of carbonyl (C=O) groups is 2. The third kappa shape index (κ3) is 7.99. The predicted octanol–water partition coefficient (Wildman–Crippen LogP) is 0.349. The van der Waals surface area contributed by atoms with E-state index in [4.69, 9.17) is 10.5 Å². The predicted molar refractivity (Wildman–Crippen MR) is 61.7 cm³/mol. The Morgan fingerprint density at radius 1 is 1.44 bits per heavy atom. The fraction of sp³-hybridized carbons (Fsp3) is 0.636. The van der Waals surface area contributed by atoms with E-state index in [9.17, 15) is 9.59 Å². The molecular formula is C11H20N2O3. The summed E-state index contributed by atoms with van der Waals surface area (Å²) in [5, 5.41) is 2.67. The molecule has 0 aliphatic carbocycles. The minimum Gasteiger partial charge on any atom is -0.379 e. The lowest BCUT2D eigenvalue weighted by molar-refractivity contribution is -0.118. The molecule has 2 amide bonds. The number of amides is 2. The fourth-order valence-corrected chi connectivity index (χ4v) is 1.01. The molecule has 0 saturated heterocycles. The molecule has 92 valence electrons. The third-order valence-corrected chi connectivity index (χ3v) is 1.77. The van der Waals surface area contributed by atoms with Crippen molar-refractivity contribution in [1.82, 2.24) is 5.32 Å². The lowest BCUT2D eigenvalue weighted by Crippen LogP contribution is -2.27. The van der Waals surface area contributed by atoms with Gasteiger partial charge in [-0.15, -0.1) is 0 Å². The molecule has 0 unspecified atom stereocenters. The summed E-state index contributed by atoms with van der Waals surface area (Å²) in [6, 6.07) is 0.